The summed E-state index contributed by atoms with van der Waals surface area (Å²) in [5.41, 5.74) is -0.611. The Hall–Kier alpha value is -3.86. The van der Waals surface area contributed by atoms with Crippen LogP contribution in [-0.2, 0) is 37.0 Å². The molecule has 0 spiro atoms. The van der Waals surface area contributed by atoms with Crippen LogP contribution in [0.1, 0.15) is 38.3 Å². The summed E-state index contributed by atoms with van der Waals surface area (Å²) in [4.78, 5) is 40.4. The number of thioether (sulfide) groups is 1. The maximum Gasteiger partial charge on any atom is 0.408 e. The Morgan fingerprint density at radius 1 is 1.00 bits per heavy atom. The SMILES string of the molecule is CC(C)(C)OC(=O)N[C@@]1(C(=O)OCc2ccccc2)C[C@@H](Sc2cn[nH]n2)[C@H]2[C@H](C(=O)OCc3ccccc3)[C@H]21. The highest BCUT2D eigenvalue weighted by Crippen LogP contribution is 2.66. The molecule has 10 nitrogen and oxygen atoms in total. The van der Waals surface area contributed by atoms with Crippen molar-refractivity contribution in [1.82, 2.24) is 20.7 Å². The number of aromatic nitrogens is 3. The van der Waals surface area contributed by atoms with Crippen LogP contribution in [0, 0.1) is 17.8 Å². The Kier molecular flexibility index (Phi) is 7.84. The van der Waals surface area contributed by atoms with Gasteiger partial charge >= 0.3 is 18.0 Å². The molecule has 1 aromatic heterocycles. The topological polar surface area (TPSA) is 132 Å². The van der Waals surface area contributed by atoms with Crippen LogP contribution in [0.3, 0.4) is 0 Å². The molecule has 210 valence electrons. The lowest BCUT2D eigenvalue weighted by Crippen LogP contribution is -2.58. The van der Waals surface area contributed by atoms with E-state index in [-0.39, 0.29) is 30.8 Å². The van der Waals surface area contributed by atoms with Gasteiger partial charge in [-0.1, -0.05) is 72.4 Å². The molecule has 2 fully saturated rings. The minimum absolute atomic E-state index is 0.0268. The molecule has 0 unspecified atom stereocenters. The Balaban J connectivity index is 1.41. The molecule has 11 heteroatoms. The third kappa shape index (κ3) is 6.14. The average Bonchev–Trinajstić information content (AvgIpc) is 3.32. The van der Waals surface area contributed by atoms with Crippen LogP contribution in [0.2, 0.25) is 0 Å². The number of benzene rings is 2. The molecule has 0 bridgehead atoms. The van der Waals surface area contributed by atoms with Crippen molar-refractivity contribution in [3.8, 4) is 0 Å². The number of ether oxygens (including phenoxy) is 3. The van der Waals surface area contributed by atoms with Gasteiger partial charge in [0.05, 0.1) is 12.1 Å². The molecular formula is C29H32N4O6S. The third-order valence-corrected chi connectivity index (χ3v) is 8.28. The monoisotopic (exact) mass is 564 g/mol. The normalized spacial score (nSPS) is 25.0. The van der Waals surface area contributed by atoms with E-state index in [1.807, 2.05) is 60.7 Å². The number of nitrogens with one attached hydrogen (secondary N) is 2. The van der Waals surface area contributed by atoms with E-state index in [0.29, 0.717) is 5.03 Å². The van der Waals surface area contributed by atoms with E-state index < -0.39 is 41.0 Å². The lowest BCUT2D eigenvalue weighted by Gasteiger charge is -2.33. The second kappa shape index (κ2) is 11.3. The van der Waals surface area contributed by atoms with Gasteiger partial charge in [0, 0.05) is 11.2 Å². The number of rotatable bonds is 9. The van der Waals surface area contributed by atoms with E-state index in [0.717, 1.165) is 11.1 Å². The molecule has 2 aromatic carbocycles. The summed E-state index contributed by atoms with van der Waals surface area (Å²) in [6.07, 6.45) is 1.06. The molecular weight excluding hydrogens is 532 g/mol. The zero-order valence-corrected chi connectivity index (χ0v) is 23.4. The third-order valence-electron chi connectivity index (χ3n) is 7.06. The van der Waals surface area contributed by atoms with Crippen LogP contribution in [-0.4, -0.2) is 49.8 Å². The van der Waals surface area contributed by atoms with Crippen molar-refractivity contribution >= 4 is 29.8 Å². The van der Waals surface area contributed by atoms with Crippen LogP contribution in [0.5, 0.6) is 0 Å². The lowest BCUT2D eigenvalue weighted by molar-refractivity contribution is -0.155. The zero-order chi connectivity index (χ0) is 28.3. The Morgan fingerprint density at radius 2 is 1.62 bits per heavy atom. The molecule has 5 rings (SSSR count). The number of carbonyl (C=O) groups is 3. The predicted molar refractivity (Wildman–Crippen MR) is 146 cm³/mol. The fraction of sp³-hybridized carbons (Fsp3) is 0.414. The van der Waals surface area contributed by atoms with Gasteiger partial charge in [-0.25, -0.2) is 9.59 Å². The van der Waals surface area contributed by atoms with E-state index in [1.54, 1.807) is 27.0 Å². The average molecular weight is 565 g/mol. The number of esters is 2. The molecule has 0 aliphatic heterocycles. The number of alkyl carbamates (subject to hydrolysis) is 1. The Morgan fingerprint density at radius 3 is 2.20 bits per heavy atom. The number of carbonyl (C=O) groups excluding carboxylic acids is 3. The largest absolute Gasteiger partial charge is 0.461 e. The van der Waals surface area contributed by atoms with Gasteiger partial charge in [0.2, 0.25) is 0 Å². The maximum absolute atomic E-state index is 13.9. The Labute approximate surface area is 236 Å². The minimum atomic E-state index is -1.49. The number of nitrogens with zero attached hydrogens (tertiary/aromatic N) is 2. The molecule has 2 N–H and O–H groups in total. The van der Waals surface area contributed by atoms with Crippen LogP contribution in [0.4, 0.5) is 4.79 Å². The molecule has 40 heavy (non-hydrogen) atoms. The molecule has 2 aliphatic carbocycles. The number of fused-ring (bicyclic) bond motifs is 1. The van der Waals surface area contributed by atoms with Crippen LogP contribution in [0.15, 0.2) is 71.9 Å². The summed E-state index contributed by atoms with van der Waals surface area (Å²) in [6, 6.07) is 18.7. The van der Waals surface area contributed by atoms with Crippen molar-refractivity contribution in [3.05, 3.63) is 78.0 Å². The molecule has 0 radical (unpaired) electrons. The number of hydrogen-bond acceptors (Lipinski definition) is 9. The van der Waals surface area contributed by atoms with Crippen molar-refractivity contribution in [2.75, 3.05) is 0 Å². The van der Waals surface area contributed by atoms with Gasteiger partial charge in [-0.15, -0.1) is 5.10 Å². The standard InChI is InChI=1S/C29H32N4O6S/c1-28(2,3)39-27(36)31-29(26(35)38-17-19-12-8-5-9-13-19)14-20(40-21-15-30-33-32-21)22-23(24(22)29)25(34)37-16-18-10-6-4-7-11-18/h4-13,15,20,22-24H,14,16-17H2,1-3H3,(H,31,36)(H,30,32,33)/t20-,22+,23+,24+,29+/m1/s1. The lowest BCUT2D eigenvalue weighted by atomic mass is 9.90. The highest BCUT2D eigenvalue weighted by atomic mass is 32.2. The van der Waals surface area contributed by atoms with Gasteiger partial charge in [0.25, 0.3) is 0 Å². The van der Waals surface area contributed by atoms with Gasteiger partial charge in [-0.3, -0.25) is 4.79 Å². The minimum Gasteiger partial charge on any atom is -0.461 e. The van der Waals surface area contributed by atoms with Gasteiger partial charge in [0.1, 0.15) is 29.4 Å². The van der Waals surface area contributed by atoms with Crippen LogP contribution in [0.25, 0.3) is 0 Å². The van der Waals surface area contributed by atoms with Crippen LogP contribution < -0.4 is 5.32 Å². The molecule has 2 saturated carbocycles. The summed E-state index contributed by atoms with van der Waals surface area (Å²) in [5, 5.41) is 13.8. The Bertz CT molecular complexity index is 1330. The maximum atomic E-state index is 13.9. The second-order valence-electron chi connectivity index (χ2n) is 11.1. The molecule has 5 atom stereocenters. The van der Waals surface area contributed by atoms with Crippen LogP contribution >= 0.6 is 11.8 Å². The molecule has 0 saturated heterocycles. The second-order valence-corrected chi connectivity index (χ2v) is 12.3. The van der Waals surface area contributed by atoms with Crippen molar-refractivity contribution in [2.24, 2.45) is 17.8 Å². The summed E-state index contributed by atoms with van der Waals surface area (Å²) in [7, 11) is 0. The highest BCUT2D eigenvalue weighted by molar-refractivity contribution is 7.99. The van der Waals surface area contributed by atoms with E-state index >= 15 is 0 Å². The first-order valence-electron chi connectivity index (χ1n) is 13.1. The van der Waals surface area contributed by atoms with Gasteiger partial charge < -0.3 is 19.5 Å². The smallest absolute Gasteiger partial charge is 0.408 e. The van der Waals surface area contributed by atoms with Gasteiger partial charge in [-0.05, 0) is 44.2 Å². The summed E-state index contributed by atoms with van der Waals surface area (Å²) in [5.74, 6) is -2.42. The fourth-order valence-electron chi connectivity index (χ4n) is 5.42. The quantitative estimate of drug-likeness (QED) is 0.289. The first-order valence-corrected chi connectivity index (χ1v) is 14.0. The molecule has 1 amide bonds. The number of aromatic amines is 1. The zero-order valence-electron chi connectivity index (χ0n) is 22.5. The van der Waals surface area contributed by atoms with Gasteiger partial charge in [0.15, 0.2) is 0 Å². The van der Waals surface area contributed by atoms with Gasteiger partial charge in [-0.2, -0.15) is 10.3 Å². The molecule has 3 aromatic rings. The van der Waals surface area contributed by atoms with Crippen molar-refractivity contribution < 1.29 is 28.6 Å². The number of amides is 1. The van der Waals surface area contributed by atoms with E-state index in [4.69, 9.17) is 14.2 Å². The first-order chi connectivity index (χ1) is 19.2. The fourth-order valence-corrected chi connectivity index (χ4v) is 6.78. The van der Waals surface area contributed by atoms with E-state index in [1.165, 1.54) is 11.8 Å². The predicted octanol–water partition coefficient (Wildman–Crippen LogP) is 4.28. The van der Waals surface area contributed by atoms with Crippen molar-refractivity contribution in [2.45, 2.75) is 61.8 Å². The van der Waals surface area contributed by atoms with E-state index in [9.17, 15) is 14.4 Å². The summed E-state index contributed by atoms with van der Waals surface area (Å²) >= 11 is 1.41. The highest BCUT2D eigenvalue weighted by Gasteiger charge is 2.76. The van der Waals surface area contributed by atoms with Crippen molar-refractivity contribution in [1.29, 1.82) is 0 Å². The first kappa shape index (κ1) is 27.7. The molecule has 2 aliphatic rings. The van der Waals surface area contributed by atoms with E-state index in [2.05, 4.69) is 20.7 Å². The molecule has 1 heterocycles. The number of hydrogen-bond donors (Lipinski definition) is 2. The summed E-state index contributed by atoms with van der Waals surface area (Å²) in [6.45, 7) is 5.37. The number of H-pyrrole nitrogens is 1. The summed E-state index contributed by atoms with van der Waals surface area (Å²) < 4.78 is 17.0. The van der Waals surface area contributed by atoms with Crippen molar-refractivity contribution in [3.63, 3.8) is 0 Å².